The fraction of sp³-hybridized carbons (Fsp3) is 0.462. The van der Waals surface area contributed by atoms with Crippen molar-refractivity contribution in [3.8, 4) is 0 Å². The first-order valence-electron chi connectivity index (χ1n) is 5.78. The number of ether oxygens (including phenoxy) is 1. The molecule has 17 heavy (non-hydrogen) atoms. The van der Waals surface area contributed by atoms with Crippen LogP contribution in [0.15, 0.2) is 24.3 Å². The Labute approximate surface area is 106 Å². The highest BCUT2D eigenvalue weighted by atomic mass is 35.5. The Morgan fingerprint density at radius 2 is 2.35 bits per heavy atom. The van der Waals surface area contributed by atoms with Gasteiger partial charge in [0.2, 0.25) is 0 Å². The molecule has 0 spiro atoms. The van der Waals surface area contributed by atoms with Crippen LogP contribution in [0.3, 0.4) is 0 Å². The zero-order valence-electron chi connectivity index (χ0n) is 9.78. The highest BCUT2D eigenvalue weighted by Crippen LogP contribution is 2.18. The van der Waals surface area contributed by atoms with Gasteiger partial charge in [-0.25, -0.2) is 0 Å². The van der Waals surface area contributed by atoms with E-state index in [1.54, 1.807) is 6.07 Å². The Morgan fingerprint density at radius 1 is 1.59 bits per heavy atom. The molecule has 0 aromatic heterocycles. The standard InChI is InChI=1S/C13H16ClNO2/c1-9(11-6-15-7-11)13(16)17-8-10-3-2-4-12(14)5-10/h2-5,9,11,15H,6-8H2,1H3. The second kappa shape index (κ2) is 5.52. The van der Waals surface area contributed by atoms with Crippen molar-refractivity contribution in [2.45, 2.75) is 13.5 Å². The van der Waals surface area contributed by atoms with E-state index in [9.17, 15) is 4.79 Å². The van der Waals surface area contributed by atoms with Gasteiger partial charge in [0, 0.05) is 5.02 Å². The Kier molecular flexibility index (Phi) is 4.02. The summed E-state index contributed by atoms with van der Waals surface area (Å²) in [6, 6.07) is 7.36. The van der Waals surface area contributed by atoms with Gasteiger partial charge in [0.25, 0.3) is 0 Å². The second-order valence-electron chi connectivity index (χ2n) is 4.44. The minimum absolute atomic E-state index is 0.0320. The minimum Gasteiger partial charge on any atom is -0.461 e. The molecule has 0 amide bonds. The maximum atomic E-state index is 11.8. The van der Waals surface area contributed by atoms with Crippen LogP contribution in [-0.2, 0) is 16.1 Å². The van der Waals surface area contributed by atoms with Crippen molar-refractivity contribution in [2.75, 3.05) is 13.1 Å². The van der Waals surface area contributed by atoms with Crippen LogP contribution in [0.25, 0.3) is 0 Å². The largest absolute Gasteiger partial charge is 0.461 e. The summed E-state index contributed by atoms with van der Waals surface area (Å²) in [6.07, 6.45) is 0. The molecule has 1 aliphatic heterocycles. The summed E-state index contributed by atoms with van der Waals surface area (Å²) in [4.78, 5) is 11.8. The Bertz CT molecular complexity index is 404. The maximum Gasteiger partial charge on any atom is 0.309 e. The van der Waals surface area contributed by atoms with Gasteiger partial charge in [0.1, 0.15) is 6.61 Å². The molecule has 0 bridgehead atoms. The summed E-state index contributed by atoms with van der Waals surface area (Å²) in [5, 5.41) is 3.81. The lowest BCUT2D eigenvalue weighted by Crippen LogP contribution is -2.47. The van der Waals surface area contributed by atoms with E-state index in [4.69, 9.17) is 16.3 Å². The van der Waals surface area contributed by atoms with Crippen molar-refractivity contribution in [1.29, 1.82) is 0 Å². The minimum atomic E-state index is -0.128. The van der Waals surface area contributed by atoms with E-state index >= 15 is 0 Å². The molecule has 1 N–H and O–H groups in total. The first kappa shape index (κ1) is 12.4. The first-order chi connectivity index (χ1) is 8.16. The molecule has 3 nitrogen and oxygen atoms in total. The van der Waals surface area contributed by atoms with Crippen LogP contribution < -0.4 is 5.32 Å². The van der Waals surface area contributed by atoms with Gasteiger partial charge in [0.05, 0.1) is 5.92 Å². The molecular weight excluding hydrogens is 238 g/mol. The lowest BCUT2D eigenvalue weighted by atomic mass is 9.89. The summed E-state index contributed by atoms with van der Waals surface area (Å²) in [6.45, 7) is 4.04. The van der Waals surface area contributed by atoms with Crippen LogP contribution >= 0.6 is 11.6 Å². The average molecular weight is 254 g/mol. The maximum absolute atomic E-state index is 11.8. The molecule has 1 fully saturated rings. The zero-order chi connectivity index (χ0) is 12.3. The third kappa shape index (κ3) is 3.20. The molecule has 92 valence electrons. The molecule has 1 aromatic carbocycles. The number of halogens is 1. The molecule has 1 saturated heterocycles. The number of hydrogen-bond acceptors (Lipinski definition) is 3. The molecular formula is C13H16ClNO2. The smallest absolute Gasteiger partial charge is 0.309 e. The quantitative estimate of drug-likeness (QED) is 0.837. The summed E-state index contributed by atoms with van der Waals surface area (Å²) >= 11 is 5.86. The van der Waals surface area contributed by atoms with Gasteiger partial charge in [-0.3, -0.25) is 4.79 Å². The van der Waals surface area contributed by atoms with E-state index in [0.29, 0.717) is 17.5 Å². The highest BCUT2D eigenvalue weighted by Gasteiger charge is 2.29. The highest BCUT2D eigenvalue weighted by molar-refractivity contribution is 6.30. The van der Waals surface area contributed by atoms with Crippen LogP contribution in [0.4, 0.5) is 0 Å². The second-order valence-corrected chi connectivity index (χ2v) is 4.88. The van der Waals surface area contributed by atoms with Gasteiger partial charge >= 0.3 is 5.97 Å². The van der Waals surface area contributed by atoms with E-state index in [1.165, 1.54) is 0 Å². The summed E-state index contributed by atoms with van der Waals surface area (Å²) in [5.41, 5.74) is 0.921. The van der Waals surface area contributed by atoms with Crippen molar-refractivity contribution >= 4 is 17.6 Å². The average Bonchev–Trinajstić information content (AvgIpc) is 2.23. The predicted molar refractivity (Wildman–Crippen MR) is 66.8 cm³/mol. The number of benzene rings is 1. The predicted octanol–water partition coefficient (Wildman–Crippen LogP) is 2.24. The molecule has 1 atom stereocenters. The van der Waals surface area contributed by atoms with E-state index in [0.717, 1.165) is 18.7 Å². The SMILES string of the molecule is CC(C(=O)OCc1cccc(Cl)c1)C1CNC1. The zero-order valence-corrected chi connectivity index (χ0v) is 10.5. The van der Waals surface area contributed by atoms with Crippen LogP contribution in [0.5, 0.6) is 0 Å². The Hall–Kier alpha value is -1.06. The molecule has 2 rings (SSSR count). The summed E-state index contributed by atoms with van der Waals surface area (Å²) in [7, 11) is 0. The van der Waals surface area contributed by atoms with Crippen LogP contribution in [0.2, 0.25) is 5.02 Å². The molecule has 1 aliphatic rings. The normalized spacial score (nSPS) is 17.3. The Morgan fingerprint density at radius 3 is 2.94 bits per heavy atom. The van der Waals surface area contributed by atoms with E-state index in [1.807, 2.05) is 25.1 Å². The van der Waals surface area contributed by atoms with Gasteiger partial charge in [-0.2, -0.15) is 0 Å². The molecule has 1 unspecified atom stereocenters. The van der Waals surface area contributed by atoms with E-state index < -0.39 is 0 Å². The van der Waals surface area contributed by atoms with Gasteiger partial charge in [-0.1, -0.05) is 30.7 Å². The third-order valence-electron chi connectivity index (χ3n) is 3.16. The lowest BCUT2D eigenvalue weighted by molar-refractivity contribution is -0.151. The molecule has 0 aliphatic carbocycles. The topological polar surface area (TPSA) is 38.3 Å². The van der Waals surface area contributed by atoms with Crippen molar-refractivity contribution < 1.29 is 9.53 Å². The summed E-state index contributed by atoms with van der Waals surface area (Å²) < 4.78 is 5.28. The number of esters is 1. The van der Waals surface area contributed by atoms with E-state index in [-0.39, 0.29) is 11.9 Å². The van der Waals surface area contributed by atoms with Crippen LogP contribution in [0, 0.1) is 11.8 Å². The van der Waals surface area contributed by atoms with Crippen molar-refractivity contribution in [3.63, 3.8) is 0 Å². The number of rotatable bonds is 4. The fourth-order valence-electron chi connectivity index (χ4n) is 1.77. The van der Waals surface area contributed by atoms with Gasteiger partial charge < -0.3 is 10.1 Å². The molecule has 0 radical (unpaired) electrons. The van der Waals surface area contributed by atoms with Gasteiger partial charge in [-0.15, -0.1) is 0 Å². The molecule has 4 heteroatoms. The number of nitrogens with one attached hydrogen (secondary N) is 1. The molecule has 0 saturated carbocycles. The first-order valence-corrected chi connectivity index (χ1v) is 6.16. The summed E-state index contributed by atoms with van der Waals surface area (Å²) in [5.74, 6) is 0.258. The van der Waals surface area contributed by atoms with Crippen molar-refractivity contribution in [3.05, 3.63) is 34.9 Å². The Balaban J connectivity index is 1.83. The van der Waals surface area contributed by atoms with Gasteiger partial charge in [-0.05, 0) is 36.7 Å². The van der Waals surface area contributed by atoms with Crippen molar-refractivity contribution in [1.82, 2.24) is 5.32 Å². The van der Waals surface area contributed by atoms with Crippen LogP contribution in [-0.4, -0.2) is 19.1 Å². The number of carbonyl (C=O) groups is 1. The van der Waals surface area contributed by atoms with Gasteiger partial charge in [0.15, 0.2) is 0 Å². The number of carbonyl (C=O) groups excluding carboxylic acids is 1. The fourth-order valence-corrected chi connectivity index (χ4v) is 1.98. The molecule has 1 heterocycles. The number of hydrogen-bond donors (Lipinski definition) is 1. The van der Waals surface area contributed by atoms with E-state index in [2.05, 4.69) is 5.32 Å². The van der Waals surface area contributed by atoms with Crippen LogP contribution in [0.1, 0.15) is 12.5 Å². The monoisotopic (exact) mass is 253 g/mol. The lowest BCUT2D eigenvalue weighted by Gasteiger charge is -2.31. The molecule has 1 aromatic rings. The third-order valence-corrected chi connectivity index (χ3v) is 3.40. The van der Waals surface area contributed by atoms with Crippen molar-refractivity contribution in [2.24, 2.45) is 11.8 Å².